The van der Waals surface area contributed by atoms with Crippen molar-refractivity contribution >= 4 is 29.6 Å². The Balaban J connectivity index is 1.87. The lowest BCUT2D eigenvalue weighted by molar-refractivity contribution is -0.133. The van der Waals surface area contributed by atoms with E-state index in [4.69, 9.17) is 0 Å². The fourth-order valence-electron chi connectivity index (χ4n) is 3.19. The van der Waals surface area contributed by atoms with Gasteiger partial charge >= 0.3 is 6.03 Å². The van der Waals surface area contributed by atoms with E-state index < -0.39 is 23.4 Å². The van der Waals surface area contributed by atoms with E-state index in [9.17, 15) is 14.4 Å². The van der Waals surface area contributed by atoms with Crippen LogP contribution in [0.1, 0.15) is 39.2 Å². The van der Waals surface area contributed by atoms with E-state index in [1.807, 2.05) is 24.3 Å². The molecule has 1 aromatic carbocycles. The minimum Gasteiger partial charge on any atom is -0.372 e. The number of imide groups is 2. The molecular formula is C19H23N3O3. The number of hydrogen-bond donors (Lipinski definition) is 1. The Morgan fingerprint density at radius 3 is 2.16 bits per heavy atom. The van der Waals surface area contributed by atoms with E-state index in [-0.39, 0.29) is 5.57 Å². The molecule has 6 nitrogen and oxygen atoms in total. The molecule has 2 aliphatic rings. The Hall–Kier alpha value is -2.63. The fourth-order valence-corrected chi connectivity index (χ4v) is 3.19. The molecule has 3 rings (SSSR count). The number of rotatable bonds is 2. The molecule has 6 heteroatoms. The van der Waals surface area contributed by atoms with Gasteiger partial charge < -0.3 is 4.90 Å². The predicted molar refractivity (Wildman–Crippen MR) is 96.0 cm³/mol. The van der Waals surface area contributed by atoms with E-state index in [2.05, 4.69) is 10.2 Å². The molecule has 0 atom stereocenters. The van der Waals surface area contributed by atoms with Crippen molar-refractivity contribution in [2.24, 2.45) is 0 Å². The third-order valence-electron chi connectivity index (χ3n) is 4.45. The molecule has 0 saturated carbocycles. The van der Waals surface area contributed by atoms with Crippen LogP contribution in [0.5, 0.6) is 0 Å². The van der Waals surface area contributed by atoms with Crippen molar-refractivity contribution < 1.29 is 14.4 Å². The second-order valence-electron chi connectivity index (χ2n) is 7.41. The number of nitrogens with zero attached hydrogens (tertiary/aromatic N) is 2. The monoisotopic (exact) mass is 341 g/mol. The lowest BCUT2D eigenvalue weighted by atomic mass is 10.0. The average Bonchev–Trinajstić information content (AvgIpc) is 3.04. The summed E-state index contributed by atoms with van der Waals surface area (Å²) in [5.74, 6) is -1.22. The maximum Gasteiger partial charge on any atom is 0.331 e. The third kappa shape index (κ3) is 3.43. The molecule has 0 aliphatic carbocycles. The van der Waals surface area contributed by atoms with E-state index in [0.29, 0.717) is 0 Å². The zero-order valence-electron chi connectivity index (χ0n) is 14.8. The van der Waals surface area contributed by atoms with Crippen molar-refractivity contribution in [3.8, 4) is 0 Å². The quantitative estimate of drug-likeness (QED) is 0.663. The number of carbonyl (C=O) groups is 3. The van der Waals surface area contributed by atoms with Gasteiger partial charge in [0.1, 0.15) is 5.57 Å². The topological polar surface area (TPSA) is 69.7 Å². The van der Waals surface area contributed by atoms with Crippen molar-refractivity contribution in [3.63, 3.8) is 0 Å². The number of benzene rings is 1. The Bertz CT molecular complexity index is 738. The van der Waals surface area contributed by atoms with E-state index >= 15 is 0 Å². The van der Waals surface area contributed by atoms with Gasteiger partial charge in [0.15, 0.2) is 0 Å². The molecular weight excluding hydrogens is 318 g/mol. The third-order valence-corrected chi connectivity index (χ3v) is 4.45. The zero-order chi connectivity index (χ0) is 18.2. The van der Waals surface area contributed by atoms with Crippen LogP contribution in [-0.2, 0) is 9.59 Å². The summed E-state index contributed by atoms with van der Waals surface area (Å²) in [5.41, 5.74) is 1.17. The van der Waals surface area contributed by atoms with Gasteiger partial charge in [-0.3, -0.25) is 19.8 Å². The molecule has 2 aliphatic heterocycles. The van der Waals surface area contributed by atoms with Crippen molar-refractivity contribution in [1.29, 1.82) is 0 Å². The van der Waals surface area contributed by atoms with Crippen LogP contribution >= 0.6 is 0 Å². The number of carbonyl (C=O) groups excluding carboxylic acids is 3. The molecule has 2 heterocycles. The highest BCUT2D eigenvalue weighted by Crippen LogP contribution is 2.24. The number of barbiturate groups is 1. The highest BCUT2D eigenvalue weighted by Gasteiger charge is 2.41. The van der Waals surface area contributed by atoms with Crippen LogP contribution in [0.25, 0.3) is 6.08 Å². The Morgan fingerprint density at radius 1 is 1.00 bits per heavy atom. The summed E-state index contributed by atoms with van der Waals surface area (Å²) in [7, 11) is 0. The number of hydrogen-bond acceptors (Lipinski definition) is 4. The molecule has 132 valence electrons. The van der Waals surface area contributed by atoms with Crippen LogP contribution in [0.2, 0.25) is 0 Å². The highest BCUT2D eigenvalue weighted by molar-refractivity contribution is 6.31. The van der Waals surface area contributed by atoms with Crippen molar-refractivity contribution in [2.75, 3.05) is 18.0 Å². The second-order valence-corrected chi connectivity index (χ2v) is 7.41. The van der Waals surface area contributed by atoms with E-state index in [0.717, 1.165) is 29.2 Å². The SMILES string of the molecule is CC(C)(C)N1C(=O)NC(=O)/C(=C/c2ccc(N3CCCC3)cc2)C1=O. The second kappa shape index (κ2) is 6.35. The summed E-state index contributed by atoms with van der Waals surface area (Å²) in [6.45, 7) is 7.38. The number of anilines is 1. The first-order valence-corrected chi connectivity index (χ1v) is 8.54. The van der Waals surface area contributed by atoms with E-state index in [1.54, 1.807) is 20.8 Å². The van der Waals surface area contributed by atoms with Crippen LogP contribution in [0.3, 0.4) is 0 Å². The highest BCUT2D eigenvalue weighted by atomic mass is 16.2. The summed E-state index contributed by atoms with van der Waals surface area (Å²) in [4.78, 5) is 40.1. The molecule has 4 amide bonds. The molecule has 0 aromatic heterocycles. The first kappa shape index (κ1) is 17.2. The molecule has 0 unspecified atom stereocenters. The predicted octanol–water partition coefficient (Wildman–Crippen LogP) is 2.55. The summed E-state index contributed by atoms with van der Waals surface area (Å²) in [6.07, 6.45) is 3.95. The summed E-state index contributed by atoms with van der Waals surface area (Å²) in [6, 6.07) is 7.09. The molecule has 0 spiro atoms. The number of amides is 4. The van der Waals surface area contributed by atoms with Gasteiger partial charge in [0, 0.05) is 24.3 Å². The van der Waals surface area contributed by atoms with Crippen LogP contribution in [-0.4, -0.2) is 41.4 Å². The molecule has 0 radical (unpaired) electrons. The van der Waals surface area contributed by atoms with E-state index in [1.165, 1.54) is 18.9 Å². The molecule has 1 N–H and O–H groups in total. The largest absolute Gasteiger partial charge is 0.372 e. The van der Waals surface area contributed by atoms with Gasteiger partial charge in [-0.2, -0.15) is 0 Å². The number of urea groups is 1. The lowest BCUT2D eigenvalue weighted by Crippen LogP contribution is -2.60. The van der Waals surface area contributed by atoms with Gasteiger partial charge in [0.05, 0.1) is 0 Å². The Kier molecular flexibility index (Phi) is 4.37. The van der Waals surface area contributed by atoms with Crippen LogP contribution in [0, 0.1) is 0 Å². The van der Waals surface area contributed by atoms with Gasteiger partial charge in [-0.15, -0.1) is 0 Å². The van der Waals surface area contributed by atoms with Crippen molar-refractivity contribution in [1.82, 2.24) is 10.2 Å². The maximum absolute atomic E-state index is 12.6. The van der Waals surface area contributed by atoms with Gasteiger partial charge in [-0.25, -0.2) is 4.79 Å². The minimum atomic E-state index is -0.708. The van der Waals surface area contributed by atoms with Crippen molar-refractivity contribution in [2.45, 2.75) is 39.2 Å². The summed E-state index contributed by atoms with van der Waals surface area (Å²) in [5, 5.41) is 2.24. The smallest absolute Gasteiger partial charge is 0.331 e. The fraction of sp³-hybridized carbons (Fsp3) is 0.421. The summed E-state index contributed by atoms with van der Waals surface area (Å²) >= 11 is 0. The van der Waals surface area contributed by atoms with Crippen LogP contribution < -0.4 is 10.2 Å². The summed E-state index contributed by atoms with van der Waals surface area (Å²) < 4.78 is 0. The Morgan fingerprint density at radius 2 is 1.60 bits per heavy atom. The van der Waals surface area contributed by atoms with Gasteiger partial charge in [-0.05, 0) is 57.4 Å². The lowest BCUT2D eigenvalue weighted by Gasteiger charge is -2.36. The average molecular weight is 341 g/mol. The molecule has 2 saturated heterocycles. The normalized spacial score (nSPS) is 20.4. The Labute approximate surface area is 147 Å². The van der Waals surface area contributed by atoms with Crippen LogP contribution in [0.4, 0.5) is 10.5 Å². The maximum atomic E-state index is 12.6. The first-order chi connectivity index (χ1) is 11.8. The molecule has 25 heavy (non-hydrogen) atoms. The molecule has 0 bridgehead atoms. The van der Waals surface area contributed by atoms with Crippen LogP contribution in [0.15, 0.2) is 29.8 Å². The molecule has 1 aromatic rings. The standard InChI is InChI=1S/C19H23N3O3/c1-19(2,3)22-17(24)15(16(23)20-18(22)25)12-13-6-8-14(9-7-13)21-10-4-5-11-21/h6-9,12H,4-5,10-11H2,1-3H3,(H,20,23,25)/b15-12-. The minimum absolute atomic E-state index is 0.0246. The van der Waals surface area contributed by atoms with Crippen molar-refractivity contribution in [3.05, 3.63) is 35.4 Å². The zero-order valence-corrected chi connectivity index (χ0v) is 14.8. The first-order valence-electron chi connectivity index (χ1n) is 8.54. The van der Waals surface area contributed by atoms with Gasteiger partial charge in [-0.1, -0.05) is 12.1 Å². The molecule has 2 fully saturated rings. The number of nitrogens with one attached hydrogen (secondary N) is 1. The van der Waals surface area contributed by atoms with Gasteiger partial charge in [0.25, 0.3) is 11.8 Å². The van der Waals surface area contributed by atoms with Gasteiger partial charge in [0.2, 0.25) is 0 Å².